The number of hydrogen-bond acceptors (Lipinski definition) is 0. The van der Waals surface area contributed by atoms with Crippen LogP contribution in [0.25, 0.3) is 0 Å². The maximum Gasteiger partial charge on any atom is 0.0408 e. The predicted octanol–water partition coefficient (Wildman–Crippen LogP) is 17.5. The van der Waals surface area contributed by atoms with E-state index in [0.717, 1.165) is 10.0 Å². The Morgan fingerprint density at radius 1 is 0.375 bits per heavy atom. The average Bonchev–Trinajstić information content (AvgIpc) is 3.09. The quantitative estimate of drug-likeness (QED) is 0.176. The van der Waals surface area contributed by atoms with E-state index in [1.807, 2.05) is 80.6 Å². The fourth-order valence-electron chi connectivity index (χ4n) is 2.56. The van der Waals surface area contributed by atoms with Crippen molar-refractivity contribution in [1.29, 1.82) is 0 Å². The Kier molecular flexibility index (Phi) is 47.7. The van der Waals surface area contributed by atoms with Gasteiger partial charge >= 0.3 is 0 Å². The molecule has 0 aliphatic heterocycles. The summed E-state index contributed by atoms with van der Waals surface area (Å²) >= 11 is 13.6. The molecule has 0 unspecified atom stereocenters. The summed E-state index contributed by atoms with van der Waals surface area (Å²) in [4.78, 5) is 0. The van der Waals surface area contributed by atoms with Crippen LogP contribution in [0.15, 0.2) is 103 Å². The molecule has 4 rings (SSSR count). The standard InChI is InChI=1S/2C7H7Cl.C7H7I.C7H8.C5H12.3C4H10/c1-6-2-4-7(8)5-3-6;1-6-3-2-4-7(8)5-6;1-6-2-4-7(8)5-3-6;1-7-5-3-2-4-6-7;1-3-5-4-2;3*1-3-4-2/h3*2-5H,1H3;2-6H,1H3;3-5H2,1-2H3;3*3-4H2,1-2H3. The van der Waals surface area contributed by atoms with Crippen LogP contribution in [-0.4, -0.2) is 0 Å². The Balaban J connectivity index is -0.000000235. The van der Waals surface area contributed by atoms with Crippen LogP contribution in [0.1, 0.15) is 135 Å². The average molecular weight is 810 g/mol. The number of aryl methyl sites for hydroxylation is 4. The first-order valence-electron chi connectivity index (χ1n) is 18.1. The van der Waals surface area contributed by atoms with E-state index < -0.39 is 0 Å². The molecule has 0 saturated carbocycles. The molecule has 0 nitrogen and oxygen atoms in total. The van der Waals surface area contributed by atoms with Gasteiger partial charge in [-0.15, -0.1) is 0 Å². The summed E-state index contributed by atoms with van der Waals surface area (Å²) in [7, 11) is 0. The zero-order valence-electron chi connectivity index (χ0n) is 32.8. The first-order chi connectivity index (χ1) is 22.9. The van der Waals surface area contributed by atoms with Gasteiger partial charge in [0.05, 0.1) is 0 Å². The van der Waals surface area contributed by atoms with Crippen molar-refractivity contribution >= 4 is 45.8 Å². The third-order valence-corrected chi connectivity index (χ3v) is 7.36. The van der Waals surface area contributed by atoms with Gasteiger partial charge in [0.25, 0.3) is 0 Å². The van der Waals surface area contributed by atoms with E-state index in [2.05, 4.69) is 128 Å². The molecule has 0 heterocycles. The molecule has 4 aromatic carbocycles. The molecule has 0 bridgehead atoms. The summed E-state index contributed by atoms with van der Waals surface area (Å²) in [5.74, 6) is 0. The van der Waals surface area contributed by atoms with E-state index in [9.17, 15) is 0 Å². The highest BCUT2D eigenvalue weighted by molar-refractivity contribution is 14.1. The molecule has 48 heavy (non-hydrogen) atoms. The maximum atomic E-state index is 5.64. The first kappa shape index (κ1) is 53.0. The van der Waals surface area contributed by atoms with E-state index in [1.54, 1.807) is 0 Å². The second kappa shape index (κ2) is 43.2. The molecule has 0 saturated heterocycles. The molecule has 0 radical (unpaired) electrons. The van der Waals surface area contributed by atoms with E-state index in [1.165, 1.54) is 83.6 Å². The second-order valence-corrected chi connectivity index (χ2v) is 13.5. The summed E-state index contributed by atoms with van der Waals surface area (Å²) in [5, 5.41) is 1.61. The molecule has 3 heteroatoms. The van der Waals surface area contributed by atoms with Crippen LogP contribution in [0.2, 0.25) is 10.0 Å². The van der Waals surface area contributed by atoms with Crippen molar-refractivity contribution in [3.63, 3.8) is 0 Å². The molecular weight excluding hydrogens is 738 g/mol. The highest BCUT2D eigenvalue weighted by Crippen LogP contribution is 2.09. The van der Waals surface area contributed by atoms with Gasteiger partial charge in [0.1, 0.15) is 0 Å². The van der Waals surface area contributed by atoms with Crippen molar-refractivity contribution in [3.05, 3.63) is 139 Å². The fourth-order valence-corrected chi connectivity index (χ4v) is 3.29. The van der Waals surface area contributed by atoms with Crippen LogP contribution in [0, 0.1) is 31.3 Å². The molecule has 0 amide bonds. The molecule has 0 atom stereocenters. The minimum Gasteiger partial charge on any atom is -0.0843 e. The largest absolute Gasteiger partial charge is 0.0843 e. The molecule has 0 aliphatic rings. The Hall–Kier alpha value is -1.81. The molecular formula is C45H71Cl2I. The van der Waals surface area contributed by atoms with Crippen LogP contribution in [0.4, 0.5) is 0 Å². The van der Waals surface area contributed by atoms with E-state index in [0.29, 0.717) is 0 Å². The van der Waals surface area contributed by atoms with E-state index in [4.69, 9.17) is 23.2 Å². The molecule has 0 N–H and O–H groups in total. The lowest BCUT2D eigenvalue weighted by Crippen LogP contribution is -1.69. The second-order valence-electron chi connectivity index (χ2n) is 11.4. The maximum absolute atomic E-state index is 5.64. The SMILES string of the molecule is CCCC.CCCC.CCCC.CCCCC.Cc1ccc(Cl)cc1.Cc1ccc(I)cc1.Cc1cccc(Cl)c1.Cc1ccccc1. The van der Waals surface area contributed by atoms with Gasteiger partial charge in [0.2, 0.25) is 0 Å². The number of benzene rings is 4. The summed E-state index contributed by atoms with van der Waals surface area (Å²) in [6.07, 6.45) is 12.0. The van der Waals surface area contributed by atoms with Crippen molar-refractivity contribution in [2.45, 2.75) is 141 Å². The van der Waals surface area contributed by atoms with Gasteiger partial charge in [0.15, 0.2) is 0 Å². The highest BCUT2D eigenvalue weighted by Gasteiger charge is 1.84. The van der Waals surface area contributed by atoms with Crippen LogP contribution < -0.4 is 0 Å². The van der Waals surface area contributed by atoms with Crippen LogP contribution in [0.5, 0.6) is 0 Å². The Morgan fingerprint density at radius 3 is 0.938 bits per heavy atom. The number of halogens is 3. The van der Waals surface area contributed by atoms with E-state index in [-0.39, 0.29) is 0 Å². The minimum absolute atomic E-state index is 0.801. The fraction of sp³-hybridized carbons (Fsp3) is 0.467. The van der Waals surface area contributed by atoms with Crippen molar-refractivity contribution < 1.29 is 0 Å². The monoisotopic (exact) mass is 808 g/mol. The molecule has 4 aromatic rings. The molecule has 0 fully saturated rings. The lowest BCUT2D eigenvalue weighted by molar-refractivity contribution is 0.772. The Bertz CT molecular complexity index is 1000. The summed E-state index contributed by atoms with van der Waals surface area (Å²) < 4.78 is 1.30. The van der Waals surface area contributed by atoms with E-state index >= 15 is 0 Å². The van der Waals surface area contributed by atoms with Gasteiger partial charge in [-0.3, -0.25) is 0 Å². The van der Waals surface area contributed by atoms with Crippen LogP contribution in [-0.2, 0) is 0 Å². The summed E-state index contributed by atoms with van der Waals surface area (Å²) in [6, 6.07) is 34.2. The lowest BCUT2D eigenvalue weighted by Gasteiger charge is -1.88. The molecule has 272 valence electrons. The zero-order valence-corrected chi connectivity index (χ0v) is 36.5. The smallest absolute Gasteiger partial charge is 0.0408 e. The van der Waals surface area contributed by atoms with Gasteiger partial charge in [-0.05, 0) is 92.2 Å². The highest BCUT2D eigenvalue weighted by atomic mass is 127. The number of hydrogen-bond donors (Lipinski definition) is 0. The summed E-state index contributed by atoms with van der Waals surface area (Å²) in [6.45, 7) is 25.7. The molecule has 0 aromatic heterocycles. The lowest BCUT2D eigenvalue weighted by atomic mass is 10.2. The van der Waals surface area contributed by atoms with Crippen LogP contribution >= 0.6 is 45.8 Å². The summed E-state index contributed by atoms with van der Waals surface area (Å²) in [5.41, 5.74) is 5.10. The van der Waals surface area contributed by atoms with Crippen molar-refractivity contribution in [2.75, 3.05) is 0 Å². The molecule has 0 spiro atoms. The normalized spacial score (nSPS) is 8.65. The number of rotatable bonds is 5. The van der Waals surface area contributed by atoms with Gasteiger partial charge in [-0.1, -0.05) is 220 Å². The van der Waals surface area contributed by atoms with Crippen LogP contribution in [0.3, 0.4) is 0 Å². The van der Waals surface area contributed by atoms with Gasteiger partial charge in [-0.2, -0.15) is 0 Å². The third-order valence-electron chi connectivity index (χ3n) is 6.15. The van der Waals surface area contributed by atoms with Gasteiger partial charge in [-0.25, -0.2) is 0 Å². The van der Waals surface area contributed by atoms with Crippen molar-refractivity contribution in [1.82, 2.24) is 0 Å². The van der Waals surface area contributed by atoms with Crippen molar-refractivity contribution in [2.24, 2.45) is 0 Å². The third kappa shape index (κ3) is 48.6. The molecule has 0 aliphatic carbocycles. The predicted molar refractivity (Wildman–Crippen MR) is 234 cm³/mol. The van der Waals surface area contributed by atoms with Gasteiger partial charge in [0, 0.05) is 13.6 Å². The first-order valence-corrected chi connectivity index (χ1v) is 19.9. The number of unbranched alkanes of at least 4 members (excludes halogenated alkanes) is 5. The van der Waals surface area contributed by atoms with Crippen molar-refractivity contribution in [3.8, 4) is 0 Å². The zero-order chi connectivity index (χ0) is 37.4. The topological polar surface area (TPSA) is 0 Å². The Morgan fingerprint density at radius 2 is 0.729 bits per heavy atom. The minimum atomic E-state index is 0.801. The Labute approximate surface area is 323 Å². The van der Waals surface area contributed by atoms with Gasteiger partial charge < -0.3 is 0 Å².